The second-order valence-corrected chi connectivity index (χ2v) is 8.41. The maximum atomic E-state index is 12.8. The lowest BCUT2D eigenvalue weighted by atomic mass is 10.1. The highest BCUT2D eigenvalue weighted by Crippen LogP contribution is 2.30. The summed E-state index contributed by atoms with van der Waals surface area (Å²) < 4.78 is 31.7. The Bertz CT molecular complexity index is 765. The van der Waals surface area contributed by atoms with Crippen LogP contribution in [0.25, 0.3) is 0 Å². The van der Waals surface area contributed by atoms with Crippen LogP contribution in [0.1, 0.15) is 49.1 Å². The molecule has 1 aromatic heterocycles. The van der Waals surface area contributed by atoms with Crippen LogP contribution in [0.3, 0.4) is 0 Å². The lowest BCUT2D eigenvalue weighted by Crippen LogP contribution is -2.48. The van der Waals surface area contributed by atoms with Gasteiger partial charge in [-0.3, -0.25) is 4.79 Å². The Hall–Kier alpha value is -1.87. The molecule has 1 aliphatic carbocycles. The molecule has 0 radical (unpaired) electrons. The van der Waals surface area contributed by atoms with Crippen molar-refractivity contribution in [3.63, 3.8) is 0 Å². The van der Waals surface area contributed by atoms with Crippen LogP contribution in [0.2, 0.25) is 0 Å². The molecule has 25 heavy (non-hydrogen) atoms. The fourth-order valence-corrected chi connectivity index (χ4v) is 5.24. The van der Waals surface area contributed by atoms with Gasteiger partial charge in [0.25, 0.3) is 10.0 Å². The van der Waals surface area contributed by atoms with Crippen LogP contribution in [0, 0.1) is 0 Å². The number of aromatic carboxylic acids is 1. The average Bonchev–Trinajstić information content (AvgIpc) is 3.34. The average molecular weight is 370 g/mol. The van der Waals surface area contributed by atoms with Gasteiger partial charge in [0, 0.05) is 19.6 Å². The minimum absolute atomic E-state index is 0.167. The maximum absolute atomic E-state index is 12.8. The summed E-state index contributed by atoms with van der Waals surface area (Å²) in [6, 6.07) is 1.64. The molecule has 1 atom stereocenters. The minimum Gasteiger partial charge on any atom is -0.475 e. The number of rotatable bonds is 5. The first-order valence-electron chi connectivity index (χ1n) is 8.44. The predicted octanol–water partition coefficient (Wildman–Crippen LogP) is 1.53. The van der Waals surface area contributed by atoms with Crippen LogP contribution in [0.5, 0.6) is 0 Å². The first-order chi connectivity index (χ1) is 11.8. The molecule has 0 spiro atoms. The summed E-state index contributed by atoms with van der Waals surface area (Å²) in [7, 11) is -2.31. The molecular formula is C16H22N2O6S. The molecule has 1 N–H and O–H groups in total. The smallest absolute Gasteiger partial charge is 0.371 e. The van der Waals surface area contributed by atoms with Crippen molar-refractivity contribution in [2.75, 3.05) is 13.6 Å². The number of carboxylic acids is 1. The van der Waals surface area contributed by atoms with Crippen molar-refractivity contribution >= 4 is 21.9 Å². The number of carbonyl (C=O) groups is 2. The number of furan rings is 1. The van der Waals surface area contributed by atoms with E-state index in [1.807, 2.05) is 0 Å². The topological polar surface area (TPSA) is 108 Å². The Morgan fingerprint density at radius 1 is 1.20 bits per heavy atom. The molecule has 1 aliphatic heterocycles. The van der Waals surface area contributed by atoms with Gasteiger partial charge in [-0.15, -0.1) is 0 Å². The number of hydrogen-bond acceptors (Lipinski definition) is 5. The Morgan fingerprint density at radius 3 is 2.48 bits per heavy atom. The molecule has 0 aromatic carbocycles. The third kappa shape index (κ3) is 3.30. The van der Waals surface area contributed by atoms with Gasteiger partial charge in [-0.1, -0.05) is 12.8 Å². The molecule has 0 bridgehead atoms. The quantitative estimate of drug-likeness (QED) is 0.842. The van der Waals surface area contributed by atoms with Gasteiger partial charge in [0.2, 0.25) is 16.8 Å². The molecule has 2 heterocycles. The van der Waals surface area contributed by atoms with Gasteiger partial charge in [-0.05, 0) is 37.8 Å². The molecular weight excluding hydrogens is 348 g/mol. The first kappa shape index (κ1) is 17.9. The van der Waals surface area contributed by atoms with Crippen molar-refractivity contribution in [1.29, 1.82) is 0 Å². The summed E-state index contributed by atoms with van der Waals surface area (Å²) in [5.74, 6) is -1.97. The third-order valence-corrected chi connectivity index (χ3v) is 6.85. The lowest BCUT2D eigenvalue weighted by molar-refractivity contribution is -0.135. The van der Waals surface area contributed by atoms with Crippen LogP contribution < -0.4 is 0 Å². The molecule has 2 aliphatic rings. The van der Waals surface area contributed by atoms with Gasteiger partial charge >= 0.3 is 5.97 Å². The van der Waals surface area contributed by atoms with E-state index in [2.05, 4.69) is 0 Å². The van der Waals surface area contributed by atoms with E-state index in [-0.39, 0.29) is 18.5 Å². The molecule has 1 amide bonds. The Morgan fingerprint density at radius 2 is 1.88 bits per heavy atom. The summed E-state index contributed by atoms with van der Waals surface area (Å²) in [4.78, 5) is 25.4. The second kappa shape index (κ2) is 6.80. The van der Waals surface area contributed by atoms with Gasteiger partial charge in [0.15, 0.2) is 0 Å². The Balaban J connectivity index is 1.82. The van der Waals surface area contributed by atoms with Gasteiger partial charge < -0.3 is 14.4 Å². The van der Waals surface area contributed by atoms with Crippen LogP contribution in [-0.2, 0) is 14.8 Å². The van der Waals surface area contributed by atoms with E-state index in [4.69, 9.17) is 9.52 Å². The van der Waals surface area contributed by atoms with Crippen LogP contribution in [0.4, 0.5) is 0 Å². The molecule has 138 valence electrons. The first-order valence-corrected chi connectivity index (χ1v) is 9.88. The highest BCUT2D eigenvalue weighted by Gasteiger charge is 2.43. The number of carboxylic acid groups (broad SMARTS) is 1. The number of nitrogens with zero attached hydrogens (tertiary/aromatic N) is 2. The van der Waals surface area contributed by atoms with E-state index >= 15 is 0 Å². The van der Waals surface area contributed by atoms with Gasteiger partial charge in [-0.2, -0.15) is 4.31 Å². The largest absolute Gasteiger partial charge is 0.475 e. The number of amides is 1. The highest BCUT2D eigenvalue weighted by atomic mass is 32.2. The fourth-order valence-electron chi connectivity index (χ4n) is 3.67. The number of hydrogen-bond donors (Lipinski definition) is 1. The normalized spacial score (nSPS) is 22.4. The van der Waals surface area contributed by atoms with E-state index in [0.717, 1.165) is 42.1 Å². The third-order valence-electron chi connectivity index (χ3n) is 5.06. The molecule has 1 saturated heterocycles. The van der Waals surface area contributed by atoms with E-state index < -0.39 is 32.9 Å². The zero-order valence-electron chi connectivity index (χ0n) is 14.1. The van der Waals surface area contributed by atoms with Crippen LogP contribution >= 0.6 is 0 Å². The van der Waals surface area contributed by atoms with Gasteiger partial charge in [0.1, 0.15) is 6.04 Å². The van der Waals surface area contributed by atoms with Crippen molar-refractivity contribution in [3.05, 3.63) is 17.9 Å². The Labute approximate surface area is 146 Å². The van der Waals surface area contributed by atoms with Crippen molar-refractivity contribution in [1.82, 2.24) is 9.21 Å². The lowest BCUT2D eigenvalue weighted by Gasteiger charge is -2.30. The Kier molecular flexibility index (Phi) is 4.88. The number of sulfonamides is 1. The van der Waals surface area contributed by atoms with Crippen molar-refractivity contribution < 1.29 is 27.5 Å². The van der Waals surface area contributed by atoms with Crippen molar-refractivity contribution in [2.24, 2.45) is 0 Å². The highest BCUT2D eigenvalue weighted by molar-refractivity contribution is 7.89. The fraction of sp³-hybridized carbons (Fsp3) is 0.625. The predicted molar refractivity (Wildman–Crippen MR) is 87.6 cm³/mol. The standard InChI is InChI=1S/C16H22N2O6S/c1-17(11-5-2-3-6-11)15(19)12-7-4-10-18(12)25(22,23)14-9-8-13(24-14)16(20)21/h8-9,11-12H,2-7,10H2,1H3,(H,20,21). The van der Waals surface area contributed by atoms with Crippen molar-refractivity contribution in [2.45, 2.75) is 55.7 Å². The summed E-state index contributed by atoms with van der Waals surface area (Å²) in [6.07, 6.45) is 5.10. The number of likely N-dealkylation sites (N-methyl/N-ethyl adjacent to an activating group) is 1. The minimum atomic E-state index is -4.05. The SMILES string of the molecule is CN(C(=O)C1CCCN1S(=O)(=O)c1ccc(C(=O)O)o1)C1CCCC1. The molecule has 1 unspecified atom stereocenters. The monoisotopic (exact) mass is 370 g/mol. The molecule has 1 aromatic rings. The van der Waals surface area contributed by atoms with Gasteiger partial charge in [0.05, 0.1) is 0 Å². The van der Waals surface area contributed by atoms with E-state index in [1.54, 1.807) is 11.9 Å². The summed E-state index contributed by atoms with van der Waals surface area (Å²) >= 11 is 0. The molecule has 3 rings (SSSR count). The molecule has 1 saturated carbocycles. The molecule has 9 heteroatoms. The van der Waals surface area contributed by atoms with E-state index in [1.165, 1.54) is 0 Å². The van der Waals surface area contributed by atoms with E-state index in [0.29, 0.717) is 12.8 Å². The van der Waals surface area contributed by atoms with Crippen molar-refractivity contribution in [3.8, 4) is 0 Å². The van der Waals surface area contributed by atoms with Gasteiger partial charge in [-0.25, -0.2) is 13.2 Å². The molecule has 2 fully saturated rings. The summed E-state index contributed by atoms with van der Waals surface area (Å²) in [5, 5.41) is 8.46. The zero-order chi connectivity index (χ0) is 18.2. The summed E-state index contributed by atoms with van der Waals surface area (Å²) in [5.41, 5.74) is 0. The summed E-state index contributed by atoms with van der Waals surface area (Å²) in [6.45, 7) is 0.223. The van der Waals surface area contributed by atoms with E-state index in [9.17, 15) is 18.0 Å². The second-order valence-electron chi connectivity index (χ2n) is 6.59. The van der Waals surface area contributed by atoms with Crippen LogP contribution in [-0.4, -0.2) is 60.3 Å². The number of carbonyl (C=O) groups excluding carboxylic acids is 1. The maximum Gasteiger partial charge on any atom is 0.371 e. The molecule has 8 nitrogen and oxygen atoms in total. The van der Waals surface area contributed by atoms with Crippen LogP contribution in [0.15, 0.2) is 21.6 Å². The zero-order valence-corrected chi connectivity index (χ0v) is 14.9.